The van der Waals surface area contributed by atoms with Crippen molar-refractivity contribution in [2.24, 2.45) is 0 Å². The highest BCUT2D eigenvalue weighted by Gasteiger charge is 2.21. The molecule has 0 fully saturated rings. The van der Waals surface area contributed by atoms with Crippen molar-refractivity contribution in [3.8, 4) is 56.7 Å². The molecule has 0 spiro atoms. The van der Waals surface area contributed by atoms with Crippen molar-refractivity contribution in [3.63, 3.8) is 0 Å². The average Bonchev–Trinajstić information content (AvgIpc) is 3.80. The van der Waals surface area contributed by atoms with Gasteiger partial charge in [-0.1, -0.05) is 158 Å². The van der Waals surface area contributed by atoms with Crippen molar-refractivity contribution in [3.05, 3.63) is 200 Å². The van der Waals surface area contributed by atoms with E-state index in [1.165, 1.54) is 27.4 Å². The number of hydrogen-bond donors (Lipinski definition) is 0. The van der Waals surface area contributed by atoms with Crippen molar-refractivity contribution in [1.82, 2.24) is 24.1 Å². The molecule has 56 heavy (non-hydrogen) atoms. The van der Waals surface area contributed by atoms with E-state index in [0.717, 1.165) is 55.3 Å². The van der Waals surface area contributed by atoms with Crippen molar-refractivity contribution < 1.29 is 0 Å². The van der Waals surface area contributed by atoms with E-state index in [4.69, 9.17) is 15.0 Å². The second-order valence-corrected chi connectivity index (χ2v) is 14.1. The highest BCUT2D eigenvalue weighted by atomic mass is 15.2. The molecule has 0 aliphatic rings. The molecule has 3 heterocycles. The van der Waals surface area contributed by atoms with E-state index in [1.807, 2.05) is 24.3 Å². The molecule has 0 N–H and O–H groups in total. The van der Waals surface area contributed by atoms with E-state index in [1.54, 1.807) is 0 Å². The third-order valence-electron chi connectivity index (χ3n) is 10.8. The summed E-state index contributed by atoms with van der Waals surface area (Å²) in [6.07, 6.45) is 0. The SMILES string of the molecule is c1ccc(-c2ccc(-c3nc(-c4ccccc4)nc(-n4c5ccccc5c5c(-c6ccc7c(c6)c6ccccc6n7-c6ccccc6)cccc54)n3)cc2)cc1. The van der Waals surface area contributed by atoms with E-state index in [2.05, 4.69) is 185 Å². The standard InChI is InChI=1S/C51H33N5/c1-4-15-34(16-5-1)35-27-29-37(30-28-35)50-52-49(36-17-6-2-7-18-36)53-51(54-50)56-45-25-13-11-22-42(45)48-40(23-14-26-47(48)56)38-31-32-46-43(33-38)41-21-10-12-24-44(41)55(46)39-19-8-3-9-20-39/h1-33H. The van der Waals surface area contributed by atoms with E-state index in [0.29, 0.717) is 17.6 Å². The van der Waals surface area contributed by atoms with Gasteiger partial charge in [-0.3, -0.25) is 4.57 Å². The van der Waals surface area contributed by atoms with Crippen LogP contribution in [0.3, 0.4) is 0 Å². The molecule has 0 radical (unpaired) electrons. The molecule has 5 heteroatoms. The summed E-state index contributed by atoms with van der Waals surface area (Å²) in [5.74, 6) is 1.82. The van der Waals surface area contributed by atoms with Crippen LogP contribution in [0, 0.1) is 0 Å². The van der Waals surface area contributed by atoms with Gasteiger partial charge >= 0.3 is 0 Å². The van der Waals surface area contributed by atoms with E-state index in [-0.39, 0.29) is 0 Å². The van der Waals surface area contributed by atoms with Gasteiger partial charge in [-0.25, -0.2) is 4.98 Å². The number of aromatic nitrogens is 5. The molecule has 3 aromatic heterocycles. The lowest BCUT2D eigenvalue weighted by atomic mass is 9.98. The molecular formula is C51H33N5. The normalized spacial score (nSPS) is 11.6. The lowest BCUT2D eigenvalue weighted by Gasteiger charge is -2.12. The minimum absolute atomic E-state index is 0.575. The van der Waals surface area contributed by atoms with Gasteiger partial charge in [0.15, 0.2) is 11.6 Å². The lowest BCUT2D eigenvalue weighted by molar-refractivity contribution is 0.953. The maximum Gasteiger partial charge on any atom is 0.238 e. The van der Waals surface area contributed by atoms with E-state index >= 15 is 0 Å². The average molecular weight is 716 g/mol. The van der Waals surface area contributed by atoms with Gasteiger partial charge in [0.1, 0.15) is 0 Å². The number of para-hydroxylation sites is 3. The summed E-state index contributed by atoms with van der Waals surface area (Å²) in [7, 11) is 0. The van der Waals surface area contributed by atoms with Crippen LogP contribution in [0.1, 0.15) is 0 Å². The molecule has 0 amide bonds. The zero-order valence-electron chi connectivity index (χ0n) is 30.3. The summed E-state index contributed by atoms with van der Waals surface area (Å²) in [6, 6.07) is 70.4. The number of hydrogen-bond acceptors (Lipinski definition) is 3. The Hall–Kier alpha value is -7.63. The Morgan fingerprint density at radius 1 is 0.304 bits per heavy atom. The van der Waals surface area contributed by atoms with Gasteiger partial charge in [-0.15, -0.1) is 0 Å². The first-order valence-electron chi connectivity index (χ1n) is 18.9. The molecule has 0 aliphatic heterocycles. The van der Waals surface area contributed by atoms with Crippen LogP contribution in [0.25, 0.3) is 100 Å². The summed E-state index contributed by atoms with van der Waals surface area (Å²) < 4.78 is 4.56. The zero-order valence-corrected chi connectivity index (χ0v) is 30.3. The van der Waals surface area contributed by atoms with Crippen LogP contribution in [-0.2, 0) is 0 Å². The van der Waals surface area contributed by atoms with Crippen molar-refractivity contribution in [1.29, 1.82) is 0 Å². The molecule has 11 aromatic rings. The third-order valence-corrected chi connectivity index (χ3v) is 10.8. The van der Waals surface area contributed by atoms with Crippen molar-refractivity contribution >= 4 is 43.6 Å². The van der Waals surface area contributed by atoms with Gasteiger partial charge in [-0.05, 0) is 64.7 Å². The zero-order chi connectivity index (χ0) is 37.0. The first-order valence-corrected chi connectivity index (χ1v) is 18.9. The second-order valence-electron chi connectivity index (χ2n) is 14.1. The van der Waals surface area contributed by atoms with Gasteiger partial charge in [0.25, 0.3) is 0 Å². The van der Waals surface area contributed by atoms with Gasteiger partial charge in [0, 0.05) is 38.4 Å². The Morgan fingerprint density at radius 2 is 0.804 bits per heavy atom. The van der Waals surface area contributed by atoms with Gasteiger partial charge in [0.05, 0.1) is 22.1 Å². The minimum Gasteiger partial charge on any atom is -0.309 e. The van der Waals surface area contributed by atoms with Crippen LogP contribution in [0.2, 0.25) is 0 Å². The minimum atomic E-state index is 0.575. The van der Waals surface area contributed by atoms with Gasteiger partial charge < -0.3 is 4.57 Å². The van der Waals surface area contributed by atoms with Crippen molar-refractivity contribution in [2.75, 3.05) is 0 Å². The lowest BCUT2D eigenvalue weighted by Crippen LogP contribution is -2.06. The fraction of sp³-hybridized carbons (Fsp3) is 0. The summed E-state index contributed by atoms with van der Waals surface area (Å²) >= 11 is 0. The molecule has 0 saturated heterocycles. The second kappa shape index (κ2) is 13.0. The van der Waals surface area contributed by atoms with E-state index in [9.17, 15) is 0 Å². The number of rotatable bonds is 6. The molecule has 262 valence electrons. The van der Waals surface area contributed by atoms with Crippen LogP contribution in [-0.4, -0.2) is 24.1 Å². The molecule has 0 saturated carbocycles. The van der Waals surface area contributed by atoms with E-state index < -0.39 is 0 Å². The molecule has 0 atom stereocenters. The first kappa shape index (κ1) is 31.9. The predicted octanol–water partition coefficient (Wildman–Crippen LogP) is 12.7. The van der Waals surface area contributed by atoms with Crippen molar-refractivity contribution in [2.45, 2.75) is 0 Å². The highest BCUT2D eigenvalue weighted by Crippen LogP contribution is 2.41. The molecule has 5 nitrogen and oxygen atoms in total. The maximum absolute atomic E-state index is 5.22. The highest BCUT2D eigenvalue weighted by molar-refractivity contribution is 6.17. The fourth-order valence-electron chi connectivity index (χ4n) is 8.22. The summed E-state index contributed by atoms with van der Waals surface area (Å²) in [5.41, 5.74) is 12.1. The monoisotopic (exact) mass is 715 g/mol. The molecule has 0 unspecified atom stereocenters. The molecule has 0 aliphatic carbocycles. The summed E-state index contributed by atoms with van der Waals surface area (Å²) in [5, 5.41) is 4.74. The Labute approximate surface area is 323 Å². The Kier molecular flexibility index (Phi) is 7.42. The maximum atomic E-state index is 5.22. The topological polar surface area (TPSA) is 48.5 Å². The predicted molar refractivity (Wildman–Crippen MR) is 230 cm³/mol. The van der Waals surface area contributed by atoms with Crippen LogP contribution < -0.4 is 0 Å². The molecular weight excluding hydrogens is 683 g/mol. The Morgan fingerprint density at radius 3 is 1.52 bits per heavy atom. The van der Waals surface area contributed by atoms with Crippen LogP contribution in [0.4, 0.5) is 0 Å². The Bertz CT molecular complexity index is 3220. The largest absolute Gasteiger partial charge is 0.309 e. The quantitative estimate of drug-likeness (QED) is 0.172. The first-order chi connectivity index (χ1) is 27.8. The van der Waals surface area contributed by atoms with Crippen LogP contribution >= 0.6 is 0 Å². The molecule has 11 rings (SSSR count). The van der Waals surface area contributed by atoms with Crippen LogP contribution in [0.5, 0.6) is 0 Å². The smallest absolute Gasteiger partial charge is 0.238 e. The number of nitrogens with zero attached hydrogens (tertiary/aromatic N) is 5. The number of fused-ring (bicyclic) bond motifs is 6. The summed E-state index contributed by atoms with van der Waals surface area (Å²) in [4.78, 5) is 15.5. The van der Waals surface area contributed by atoms with Crippen LogP contribution in [0.15, 0.2) is 200 Å². The summed E-state index contributed by atoms with van der Waals surface area (Å²) in [6.45, 7) is 0. The number of benzene rings is 8. The molecule has 0 bridgehead atoms. The molecule has 8 aromatic carbocycles. The van der Waals surface area contributed by atoms with Gasteiger partial charge in [0.2, 0.25) is 5.95 Å². The Balaban J connectivity index is 1.12. The van der Waals surface area contributed by atoms with Gasteiger partial charge in [-0.2, -0.15) is 9.97 Å². The third kappa shape index (κ3) is 5.21. The fourth-order valence-corrected chi connectivity index (χ4v) is 8.22.